The molecule has 0 N–H and O–H groups in total. The molecule has 2 aromatic heterocycles. The molecule has 3 aromatic rings. The number of rotatable bonds is 3. The van der Waals surface area contributed by atoms with E-state index in [1.807, 2.05) is 12.1 Å². The van der Waals surface area contributed by atoms with Crippen LogP contribution >= 0.6 is 0 Å². The Bertz CT molecular complexity index is 1320. The maximum Gasteiger partial charge on any atom is 0.325 e. The van der Waals surface area contributed by atoms with Crippen LogP contribution < -0.4 is 15.9 Å². The van der Waals surface area contributed by atoms with E-state index in [2.05, 4.69) is 0 Å². The molecule has 0 radical (unpaired) electrons. The van der Waals surface area contributed by atoms with Crippen LogP contribution in [0.25, 0.3) is 10.9 Å². The third-order valence-corrected chi connectivity index (χ3v) is 5.45. The third kappa shape index (κ3) is 3.10. The van der Waals surface area contributed by atoms with Gasteiger partial charge in [0, 0.05) is 18.8 Å². The van der Waals surface area contributed by atoms with Gasteiger partial charge in [-0.15, -0.1) is 0 Å². The van der Waals surface area contributed by atoms with Gasteiger partial charge in [0.15, 0.2) is 5.78 Å². The highest BCUT2D eigenvalue weighted by Crippen LogP contribution is 2.33. The van der Waals surface area contributed by atoms with Gasteiger partial charge in [-0.25, -0.2) is 0 Å². The zero-order valence-electron chi connectivity index (χ0n) is 16.8. The number of aromatic nitrogens is 2. The van der Waals surface area contributed by atoms with Crippen LogP contribution in [0.3, 0.4) is 0 Å². The van der Waals surface area contributed by atoms with E-state index in [1.165, 1.54) is 16.2 Å². The number of hydrogen-bond acceptors (Lipinski definition) is 6. The monoisotopic (exact) mass is 408 g/mol. The highest BCUT2D eigenvalue weighted by molar-refractivity contribution is 5.99. The first-order valence-corrected chi connectivity index (χ1v) is 9.41. The van der Waals surface area contributed by atoms with E-state index < -0.39 is 23.2 Å². The number of pyridine rings is 2. The molecule has 1 unspecified atom stereocenters. The van der Waals surface area contributed by atoms with Crippen LogP contribution in [0, 0.1) is 6.92 Å². The van der Waals surface area contributed by atoms with Gasteiger partial charge in [-0.1, -0.05) is 18.2 Å². The zero-order chi connectivity index (χ0) is 21.6. The first-order valence-electron chi connectivity index (χ1n) is 9.41. The average Bonchev–Trinajstić information content (AvgIpc) is 2.73. The van der Waals surface area contributed by atoms with Crippen molar-refractivity contribution in [3.8, 4) is 5.75 Å². The molecule has 1 aliphatic rings. The van der Waals surface area contributed by atoms with E-state index >= 15 is 0 Å². The molecule has 0 aliphatic carbocycles. The summed E-state index contributed by atoms with van der Waals surface area (Å²) in [5.41, 5.74) is 0.582. The van der Waals surface area contributed by atoms with Crippen LogP contribution in [0.15, 0.2) is 46.0 Å². The standard InChI is InChI=1S/C22H20N2O6/c1-12-8-18-20(22(28)23(12)2)16(25)10-17(30-18)14-9-13-6-4-5-7-15(13)24(21(14)27)11-19(26)29-3/h4-9,17H,10-11H2,1-3H3. The lowest BCUT2D eigenvalue weighted by molar-refractivity contribution is -0.141. The molecule has 4 rings (SSSR count). The van der Waals surface area contributed by atoms with Crippen molar-refractivity contribution in [3.05, 3.63) is 73.9 Å². The predicted octanol–water partition coefficient (Wildman–Crippen LogP) is 1.89. The Labute approximate surface area is 171 Å². The lowest BCUT2D eigenvalue weighted by Gasteiger charge is -2.26. The van der Waals surface area contributed by atoms with Gasteiger partial charge < -0.3 is 14.0 Å². The molecule has 1 atom stereocenters. The molecule has 0 saturated carbocycles. The summed E-state index contributed by atoms with van der Waals surface area (Å²) in [6, 6.07) is 10.4. The Kier molecular flexibility index (Phi) is 4.77. The molecule has 0 spiro atoms. The van der Waals surface area contributed by atoms with Crippen molar-refractivity contribution in [2.45, 2.75) is 26.0 Å². The minimum absolute atomic E-state index is 0.00461. The molecule has 1 aromatic carbocycles. The maximum atomic E-state index is 13.2. The van der Waals surface area contributed by atoms with Crippen LogP contribution in [0.1, 0.15) is 34.1 Å². The van der Waals surface area contributed by atoms with Crippen LogP contribution in [-0.4, -0.2) is 28.0 Å². The summed E-state index contributed by atoms with van der Waals surface area (Å²) in [5.74, 6) is -0.776. The molecule has 0 amide bonds. The van der Waals surface area contributed by atoms with Crippen molar-refractivity contribution in [2.24, 2.45) is 7.05 Å². The number of ketones is 1. The van der Waals surface area contributed by atoms with Gasteiger partial charge in [0.05, 0.1) is 24.6 Å². The summed E-state index contributed by atoms with van der Waals surface area (Å²) in [6.45, 7) is 1.47. The molecular formula is C22H20N2O6. The van der Waals surface area contributed by atoms with Crippen molar-refractivity contribution in [2.75, 3.05) is 7.11 Å². The Morgan fingerprint density at radius 2 is 1.90 bits per heavy atom. The first-order chi connectivity index (χ1) is 14.3. The summed E-state index contributed by atoms with van der Waals surface area (Å²) in [5, 5.41) is 0.720. The molecule has 8 heteroatoms. The molecule has 154 valence electrons. The van der Waals surface area contributed by atoms with Gasteiger partial charge in [-0.05, 0) is 24.4 Å². The number of carbonyl (C=O) groups excluding carboxylic acids is 2. The summed E-state index contributed by atoms with van der Waals surface area (Å²) < 4.78 is 13.4. The number of esters is 1. The van der Waals surface area contributed by atoms with E-state index in [-0.39, 0.29) is 35.6 Å². The largest absolute Gasteiger partial charge is 0.484 e. The molecule has 0 fully saturated rings. The predicted molar refractivity (Wildman–Crippen MR) is 109 cm³/mol. The van der Waals surface area contributed by atoms with Gasteiger partial charge in [0.25, 0.3) is 11.1 Å². The summed E-state index contributed by atoms with van der Waals surface area (Å²) in [6.07, 6.45) is -1.01. The molecule has 3 heterocycles. The Hall–Kier alpha value is -3.68. The SMILES string of the molecule is COC(=O)Cn1c(=O)c(C2CC(=O)c3c(cc(C)n(C)c3=O)O2)cc2ccccc21. The number of carbonyl (C=O) groups is 2. The van der Waals surface area contributed by atoms with E-state index in [9.17, 15) is 19.2 Å². The number of benzene rings is 1. The van der Waals surface area contributed by atoms with Gasteiger partial charge in [-0.3, -0.25) is 23.7 Å². The number of Topliss-reactive ketones (excluding diaryl/α,β-unsaturated/α-hetero) is 1. The van der Waals surface area contributed by atoms with Crippen molar-refractivity contribution < 1.29 is 19.1 Å². The quantitative estimate of drug-likeness (QED) is 0.614. The summed E-state index contributed by atoms with van der Waals surface area (Å²) in [7, 11) is 2.84. The van der Waals surface area contributed by atoms with E-state index in [1.54, 1.807) is 38.2 Å². The van der Waals surface area contributed by atoms with Crippen LogP contribution in [0.2, 0.25) is 0 Å². The van der Waals surface area contributed by atoms with Crippen molar-refractivity contribution in [1.29, 1.82) is 0 Å². The van der Waals surface area contributed by atoms with E-state index in [4.69, 9.17) is 9.47 Å². The molecule has 0 bridgehead atoms. The first kappa shape index (κ1) is 19.6. The minimum atomic E-state index is -0.863. The third-order valence-electron chi connectivity index (χ3n) is 5.45. The topological polar surface area (TPSA) is 96.6 Å². The number of hydrogen-bond donors (Lipinski definition) is 0. The zero-order valence-corrected chi connectivity index (χ0v) is 16.8. The van der Waals surface area contributed by atoms with E-state index in [0.29, 0.717) is 11.2 Å². The fraction of sp³-hybridized carbons (Fsp3) is 0.273. The smallest absolute Gasteiger partial charge is 0.325 e. The molecular weight excluding hydrogens is 388 g/mol. The van der Waals surface area contributed by atoms with Crippen LogP contribution in [0.5, 0.6) is 5.75 Å². The van der Waals surface area contributed by atoms with Crippen molar-refractivity contribution in [3.63, 3.8) is 0 Å². The number of aryl methyl sites for hydroxylation is 1. The fourth-order valence-corrected chi connectivity index (χ4v) is 3.71. The maximum absolute atomic E-state index is 13.2. The number of methoxy groups -OCH3 is 1. The summed E-state index contributed by atoms with van der Waals surface area (Å²) in [4.78, 5) is 50.4. The van der Waals surface area contributed by atoms with Gasteiger partial charge >= 0.3 is 5.97 Å². The molecule has 0 saturated heterocycles. The highest BCUT2D eigenvalue weighted by atomic mass is 16.5. The average molecular weight is 408 g/mol. The highest BCUT2D eigenvalue weighted by Gasteiger charge is 2.33. The molecule has 30 heavy (non-hydrogen) atoms. The van der Waals surface area contributed by atoms with Gasteiger partial charge in [-0.2, -0.15) is 0 Å². The second kappa shape index (κ2) is 7.29. The van der Waals surface area contributed by atoms with E-state index in [0.717, 1.165) is 5.39 Å². The normalized spacial score (nSPS) is 15.6. The Balaban J connectivity index is 1.87. The lowest BCUT2D eigenvalue weighted by Crippen LogP contribution is -2.35. The number of para-hydroxylation sites is 1. The Morgan fingerprint density at radius 1 is 1.17 bits per heavy atom. The summed E-state index contributed by atoms with van der Waals surface area (Å²) >= 11 is 0. The molecule has 1 aliphatic heterocycles. The van der Waals surface area contributed by atoms with Crippen LogP contribution in [0.4, 0.5) is 0 Å². The fourth-order valence-electron chi connectivity index (χ4n) is 3.71. The van der Waals surface area contributed by atoms with Gasteiger partial charge in [0.1, 0.15) is 24.0 Å². The van der Waals surface area contributed by atoms with Gasteiger partial charge in [0.2, 0.25) is 0 Å². The Morgan fingerprint density at radius 3 is 2.63 bits per heavy atom. The second-order valence-corrected chi connectivity index (χ2v) is 7.25. The number of ether oxygens (including phenoxy) is 2. The number of fused-ring (bicyclic) bond motifs is 2. The lowest BCUT2D eigenvalue weighted by atomic mass is 9.96. The molecule has 8 nitrogen and oxygen atoms in total. The van der Waals surface area contributed by atoms with Crippen molar-refractivity contribution in [1.82, 2.24) is 9.13 Å². The second-order valence-electron chi connectivity index (χ2n) is 7.25. The number of nitrogens with zero attached hydrogens (tertiary/aromatic N) is 2. The van der Waals surface area contributed by atoms with Crippen molar-refractivity contribution >= 4 is 22.7 Å². The minimum Gasteiger partial charge on any atom is -0.484 e. The van der Waals surface area contributed by atoms with Crippen LogP contribution in [-0.2, 0) is 23.1 Å².